The average molecular weight is 337 g/mol. The first-order valence-corrected chi connectivity index (χ1v) is 7.50. The summed E-state index contributed by atoms with van der Waals surface area (Å²) in [6.45, 7) is 5.02. The normalized spacial score (nSPS) is 14.0. The van der Waals surface area contributed by atoms with E-state index < -0.39 is 0 Å². The highest BCUT2D eigenvalue weighted by Gasteiger charge is 2.20. The van der Waals surface area contributed by atoms with E-state index >= 15 is 0 Å². The van der Waals surface area contributed by atoms with Gasteiger partial charge in [-0.15, -0.1) is 0 Å². The highest BCUT2D eigenvalue weighted by molar-refractivity contribution is 9.10. The minimum absolute atomic E-state index is 0.0643. The predicted molar refractivity (Wildman–Crippen MR) is 83.2 cm³/mol. The lowest BCUT2D eigenvalue weighted by atomic mass is 9.89. The quantitative estimate of drug-likeness (QED) is 0.873. The number of aromatic nitrogens is 1. The molecule has 0 bridgehead atoms. The molecule has 2 aromatic rings. The van der Waals surface area contributed by atoms with Crippen LogP contribution in [0.4, 0.5) is 4.39 Å². The van der Waals surface area contributed by atoms with Crippen LogP contribution in [0.25, 0.3) is 0 Å². The Balaban J connectivity index is 2.35. The minimum atomic E-state index is -0.223. The Hall–Kier alpha value is -1.26. The highest BCUT2D eigenvalue weighted by Crippen LogP contribution is 2.32. The van der Waals surface area contributed by atoms with E-state index in [0.717, 1.165) is 16.6 Å². The Labute approximate surface area is 127 Å². The molecule has 0 aliphatic heterocycles. The monoisotopic (exact) mass is 336 g/mol. The maximum Gasteiger partial charge on any atom is 0.124 e. The fraction of sp³-hybridized carbons (Fsp3) is 0.312. The molecule has 0 saturated heterocycles. The first-order valence-electron chi connectivity index (χ1n) is 6.71. The first kappa shape index (κ1) is 15.1. The summed E-state index contributed by atoms with van der Waals surface area (Å²) in [5.41, 5.74) is 2.13. The molecule has 1 N–H and O–H groups in total. The van der Waals surface area contributed by atoms with Gasteiger partial charge in [-0.25, -0.2) is 4.39 Å². The van der Waals surface area contributed by atoms with Gasteiger partial charge in [-0.2, -0.15) is 0 Å². The van der Waals surface area contributed by atoms with Crippen molar-refractivity contribution in [3.63, 3.8) is 0 Å². The van der Waals surface area contributed by atoms with Crippen LogP contribution in [0.1, 0.15) is 36.9 Å². The average Bonchev–Trinajstić information content (AvgIpc) is 2.44. The van der Waals surface area contributed by atoms with Crippen molar-refractivity contribution in [3.8, 4) is 0 Å². The Kier molecular flexibility index (Phi) is 5.26. The van der Waals surface area contributed by atoms with Gasteiger partial charge in [0.1, 0.15) is 5.82 Å². The number of hydrogen-bond acceptors (Lipinski definition) is 2. The van der Waals surface area contributed by atoms with Crippen molar-refractivity contribution in [2.45, 2.75) is 25.8 Å². The van der Waals surface area contributed by atoms with E-state index in [1.54, 1.807) is 18.5 Å². The van der Waals surface area contributed by atoms with Gasteiger partial charge in [-0.3, -0.25) is 4.98 Å². The third kappa shape index (κ3) is 3.64. The topological polar surface area (TPSA) is 24.9 Å². The number of pyridine rings is 1. The Morgan fingerprint density at radius 1 is 1.20 bits per heavy atom. The van der Waals surface area contributed by atoms with Crippen LogP contribution >= 0.6 is 15.9 Å². The third-order valence-corrected chi connectivity index (χ3v) is 3.86. The first-order chi connectivity index (χ1) is 9.61. The van der Waals surface area contributed by atoms with Crippen LogP contribution in [-0.4, -0.2) is 11.5 Å². The zero-order valence-electron chi connectivity index (χ0n) is 11.6. The second kappa shape index (κ2) is 6.95. The van der Waals surface area contributed by atoms with Crippen LogP contribution in [0, 0.1) is 5.82 Å². The SMILES string of the molecule is CCNC(c1cc(F)cc(Br)c1)C(C)c1ccncc1. The molecule has 1 aromatic heterocycles. The van der Waals surface area contributed by atoms with E-state index in [4.69, 9.17) is 0 Å². The largest absolute Gasteiger partial charge is 0.310 e. The summed E-state index contributed by atoms with van der Waals surface area (Å²) >= 11 is 3.36. The van der Waals surface area contributed by atoms with Gasteiger partial charge >= 0.3 is 0 Å². The number of likely N-dealkylation sites (N-methyl/N-ethyl adjacent to an activating group) is 1. The summed E-state index contributed by atoms with van der Waals surface area (Å²) in [5.74, 6) is 0.00542. The van der Waals surface area contributed by atoms with Crippen molar-refractivity contribution in [2.24, 2.45) is 0 Å². The maximum absolute atomic E-state index is 13.6. The molecule has 2 rings (SSSR count). The molecule has 2 unspecified atom stereocenters. The summed E-state index contributed by atoms with van der Waals surface area (Å²) in [5, 5.41) is 3.44. The number of hydrogen-bond donors (Lipinski definition) is 1. The zero-order valence-corrected chi connectivity index (χ0v) is 13.2. The van der Waals surface area contributed by atoms with Crippen LogP contribution in [-0.2, 0) is 0 Å². The fourth-order valence-corrected chi connectivity index (χ4v) is 2.90. The number of nitrogens with one attached hydrogen (secondary N) is 1. The molecule has 0 saturated carbocycles. The lowest BCUT2D eigenvalue weighted by Crippen LogP contribution is -2.26. The molecule has 20 heavy (non-hydrogen) atoms. The van der Waals surface area contributed by atoms with Crippen LogP contribution in [0.5, 0.6) is 0 Å². The molecular weight excluding hydrogens is 319 g/mol. The minimum Gasteiger partial charge on any atom is -0.310 e. The predicted octanol–water partition coefficient (Wildman–Crippen LogP) is 4.44. The van der Waals surface area contributed by atoms with E-state index in [-0.39, 0.29) is 17.8 Å². The smallest absolute Gasteiger partial charge is 0.124 e. The van der Waals surface area contributed by atoms with Crippen molar-refractivity contribution in [1.82, 2.24) is 10.3 Å². The Bertz CT molecular complexity index is 539. The summed E-state index contributed by atoms with van der Waals surface area (Å²) in [6, 6.07) is 9.11. The van der Waals surface area contributed by atoms with Crippen molar-refractivity contribution < 1.29 is 4.39 Å². The molecule has 0 aliphatic rings. The number of rotatable bonds is 5. The van der Waals surface area contributed by atoms with Gasteiger partial charge in [0, 0.05) is 28.8 Å². The summed E-state index contributed by atoms with van der Waals surface area (Å²) in [4.78, 5) is 4.05. The summed E-state index contributed by atoms with van der Waals surface area (Å²) < 4.78 is 14.4. The molecule has 106 valence electrons. The van der Waals surface area contributed by atoms with Crippen molar-refractivity contribution >= 4 is 15.9 Å². The number of nitrogens with zero attached hydrogens (tertiary/aromatic N) is 1. The van der Waals surface area contributed by atoms with E-state index in [2.05, 4.69) is 40.1 Å². The number of halogens is 2. The van der Waals surface area contributed by atoms with Crippen molar-refractivity contribution in [3.05, 3.63) is 64.1 Å². The highest BCUT2D eigenvalue weighted by atomic mass is 79.9. The second-order valence-electron chi connectivity index (χ2n) is 4.81. The van der Waals surface area contributed by atoms with Crippen molar-refractivity contribution in [2.75, 3.05) is 6.54 Å². The molecular formula is C16H18BrFN2. The molecule has 1 aromatic carbocycles. The van der Waals surface area contributed by atoms with E-state index in [1.165, 1.54) is 11.6 Å². The Morgan fingerprint density at radius 3 is 2.50 bits per heavy atom. The summed E-state index contributed by atoms with van der Waals surface area (Å²) in [6.07, 6.45) is 3.58. The zero-order chi connectivity index (χ0) is 14.5. The summed E-state index contributed by atoms with van der Waals surface area (Å²) in [7, 11) is 0. The molecule has 4 heteroatoms. The van der Waals surface area contributed by atoms with E-state index in [0.29, 0.717) is 0 Å². The van der Waals surface area contributed by atoms with Gasteiger partial charge in [0.15, 0.2) is 0 Å². The van der Waals surface area contributed by atoms with Crippen LogP contribution in [0.15, 0.2) is 47.2 Å². The standard InChI is InChI=1S/C16H18BrFN2/c1-3-20-16(11(2)12-4-6-19-7-5-12)13-8-14(17)10-15(18)9-13/h4-11,16,20H,3H2,1-2H3. The van der Waals surface area contributed by atoms with Crippen LogP contribution < -0.4 is 5.32 Å². The van der Waals surface area contributed by atoms with Gasteiger partial charge in [0.2, 0.25) is 0 Å². The van der Waals surface area contributed by atoms with Crippen LogP contribution in [0.3, 0.4) is 0 Å². The molecule has 0 amide bonds. The van der Waals surface area contributed by atoms with E-state index in [1.807, 2.05) is 18.2 Å². The molecule has 0 fully saturated rings. The van der Waals surface area contributed by atoms with Crippen molar-refractivity contribution in [1.29, 1.82) is 0 Å². The molecule has 0 radical (unpaired) electrons. The molecule has 2 atom stereocenters. The molecule has 2 nitrogen and oxygen atoms in total. The molecule has 1 heterocycles. The second-order valence-corrected chi connectivity index (χ2v) is 5.72. The maximum atomic E-state index is 13.6. The van der Waals surface area contributed by atoms with Gasteiger partial charge in [0.05, 0.1) is 0 Å². The number of benzene rings is 1. The van der Waals surface area contributed by atoms with Gasteiger partial charge in [0.25, 0.3) is 0 Å². The lowest BCUT2D eigenvalue weighted by molar-refractivity contribution is 0.475. The van der Waals surface area contributed by atoms with Gasteiger partial charge < -0.3 is 5.32 Å². The van der Waals surface area contributed by atoms with E-state index in [9.17, 15) is 4.39 Å². The molecule has 0 aliphatic carbocycles. The fourth-order valence-electron chi connectivity index (χ4n) is 2.42. The van der Waals surface area contributed by atoms with Crippen LogP contribution in [0.2, 0.25) is 0 Å². The van der Waals surface area contributed by atoms with Gasteiger partial charge in [-0.05, 0) is 48.0 Å². The van der Waals surface area contributed by atoms with Gasteiger partial charge in [-0.1, -0.05) is 29.8 Å². The molecule has 0 spiro atoms. The lowest BCUT2D eigenvalue weighted by Gasteiger charge is -2.26. The Morgan fingerprint density at radius 2 is 1.90 bits per heavy atom. The third-order valence-electron chi connectivity index (χ3n) is 3.40.